The van der Waals surface area contributed by atoms with E-state index in [4.69, 9.17) is 0 Å². The van der Waals surface area contributed by atoms with Crippen molar-refractivity contribution in [2.75, 3.05) is 4.90 Å². The van der Waals surface area contributed by atoms with Crippen molar-refractivity contribution in [2.45, 2.75) is 26.7 Å². The lowest BCUT2D eigenvalue weighted by molar-refractivity contribution is -0.122. The van der Waals surface area contributed by atoms with Crippen LogP contribution in [0.5, 0.6) is 0 Å². The number of fused-ring (bicyclic) bond motifs is 1. The van der Waals surface area contributed by atoms with Crippen LogP contribution in [0.2, 0.25) is 0 Å². The first-order valence-electron chi connectivity index (χ1n) is 8.31. The SMILES string of the molecule is Cc1cccc(CC2CC(=O)N(c3nc4cc(C)ccc4s3)C2=O)c1. The number of benzene rings is 2. The predicted octanol–water partition coefficient (Wildman–Crippen LogP) is 4.04. The summed E-state index contributed by atoms with van der Waals surface area (Å²) >= 11 is 1.39. The summed E-state index contributed by atoms with van der Waals surface area (Å²) < 4.78 is 0.989. The molecule has 2 heterocycles. The molecule has 1 aromatic heterocycles. The van der Waals surface area contributed by atoms with Gasteiger partial charge in [0.25, 0.3) is 0 Å². The quantitative estimate of drug-likeness (QED) is 0.670. The molecule has 0 aliphatic carbocycles. The molecule has 4 rings (SSSR count). The van der Waals surface area contributed by atoms with E-state index < -0.39 is 0 Å². The second-order valence-corrected chi connectivity index (χ2v) is 7.64. The number of aromatic nitrogens is 1. The van der Waals surface area contributed by atoms with E-state index in [-0.39, 0.29) is 24.2 Å². The van der Waals surface area contributed by atoms with E-state index >= 15 is 0 Å². The molecule has 0 saturated carbocycles. The van der Waals surface area contributed by atoms with Crippen LogP contribution in [0.3, 0.4) is 0 Å². The number of hydrogen-bond donors (Lipinski definition) is 0. The molecule has 1 unspecified atom stereocenters. The zero-order valence-corrected chi connectivity index (χ0v) is 15.0. The predicted molar refractivity (Wildman–Crippen MR) is 99.8 cm³/mol. The number of imide groups is 1. The molecular weight excluding hydrogens is 332 g/mol. The molecule has 2 aromatic carbocycles. The van der Waals surface area contributed by atoms with Crippen molar-refractivity contribution in [3.05, 3.63) is 59.2 Å². The van der Waals surface area contributed by atoms with E-state index in [1.54, 1.807) is 0 Å². The van der Waals surface area contributed by atoms with Gasteiger partial charge in [0, 0.05) is 6.42 Å². The summed E-state index contributed by atoms with van der Waals surface area (Å²) in [5.74, 6) is -0.594. The number of anilines is 1. The van der Waals surface area contributed by atoms with Gasteiger partial charge >= 0.3 is 0 Å². The van der Waals surface area contributed by atoms with Gasteiger partial charge in [0.1, 0.15) is 0 Å². The van der Waals surface area contributed by atoms with Crippen molar-refractivity contribution >= 4 is 38.5 Å². The van der Waals surface area contributed by atoms with Crippen LogP contribution >= 0.6 is 11.3 Å². The highest BCUT2D eigenvalue weighted by Crippen LogP contribution is 2.34. The van der Waals surface area contributed by atoms with E-state index in [1.165, 1.54) is 16.2 Å². The summed E-state index contributed by atoms with van der Waals surface area (Å²) in [5, 5.41) is 0.488. The third-order valence-corrected chi connectivity index (χ3v) is 5.55. The minimum atomic E-state index is -0.303. The topological polar surface area (TPSA) is 50.3 Å². The van der Waals surface area contributed by atoms with Crippen molar-refractivity contribution in [2.24, 2.45) is 5.92 Å². The maximum atomic E-state index is 12.8. The average Bonchev–Trinajstić information content (AvgIpc) is 3.07. The van der Waals surface area contributed by atoms with Crippen LogP contribution in [0.25, 0.3) is 10.2 Å². The Morgan fingerprint density at radius 1 is 1.12 bits per heavy atom. The fraction of sp³-hybridized carbons (Fsp3) is 0.250. The van der Waals surface area contributed by atoms with E-state index in [1.807, 2.05) is 50.2 Å². The number of rotatable bonds is 3. The van der Waals surface area contributed by atoms with Gasteiger partial charge in [-0.2, -0.15) is 0 Å². The van der Waals surface area contributed by atoms with Gasteiger partial charge in [-0.05, 0) is 43.5 Å². The molecule has 1 aliphatic heterocycles. The van der Waals surface area contributed by atoms with Crippen LogP contribution in [0.15, 0.2) is 42.5 Å². The zero-order valence-electron chi connectivity index (χ0n) is 14.2. The second kappa shape index (κ2) is 6.08. The lowest BCUT2D eigenvalue weighted by atomic mass is 9.97. The van der Waals surface area contributed by atoms with Crippen LogP contribution < -0.4 is 4.90 Å². The van der Waals surface area contributed by atoms with Crippen LogP contribution in [0, 0.1) is 19.8 Å². The first-order valence-corrected chi connectivity index (χ1v) is 9.12. The number of carbonyl (C=O) groups is 2. The van der Waals surface area contributed by atoms with Crippen LogP contribution in [-0.2, 0) is 16.0 Å². The second-order valence-electron chi connectivity index (χ2n) is 6.63. The van der Waals surface area contributed by atoms with Crippen LogP contribution in [0.1, 0.15) is 23.1 Å². The standard InChI is InChI=1S/C20H18N2O2S/c1-12-4-3-5-14(8-12)10-15-11-18(23)22(19(15)24)20-21-16-9-13(2)6-7-17(16)25-20/h3-9,15H,10-11H2,1-2H3. The molecule has 2 amide bonds. The van der Waals surface area contributed by atoms with Gasteiger partial charge < -0.3 is 0 Å². The van der Waals surface area contributed by atoms with Crippen molar-refractivity contribution in [3.8, 4) is 0 Å². The molecule has 4 nitrogen and oxygen atoms in total. The van der Waals surface area contributed by atoms with E-state index in [0.29, 0.717) is 11.6 Å². The summed E-state index contributed by atoms with van der Waals surface area (Å²) in [6, 6.07) is 14.1. The fourth-order valence-electron chi connectivity index (χ4n) is 3.30. The van der Waals surface area contributed by atoms with Crippen molar-refractivity contribution < 1.29 is 9.59 Å². The number of carbonyl (C=O) groups excluding carboxylic acids is 2. The molecule has 1 aliphatic rings. The third-order valence-electron chi connectivity index (χ3n) is 4.53. The number of thiazole rings is 1. The van der Waals surface area contributed by atoms with Crippen LogP contribution in [-0.4, -0.2) is 16.8 Å². The van der Waals surface area contributed by atoms with Gasteiger partial charge in [-0.15, -0.1) is 0 Å². The lowest BCUT2D eigenvalue weighted by Crippen LogP contribution is -2.30. The van der Waals surface area contributed by atoms with E-state index in [2.05, 4.69) is 11.1 Å². The summed E-state index contributed by atoms with van der Waals surface area (Å²) in [6.07, 6.45) is 0.842. The zero-order chi connectivity index (χ0) is 17.6. The average molecular weight is 350 g/mol. The van der Waals surface area contributed by atoms with Crippen molar-refractivity contribution in [1.82, 2.24) is 4.98 Å². The normalized spacial score (nSPS) is 17.7. The Labute approximate surface area is 150 Å². The number of amides is 2. The smallest absolute Gasteiger partial charge is 0.239 e. The summed E-state index contributed by atoms with van der Waals surface area (Å²) in [4.78, 5) is 31.1. The largest absolute Gasteiger partial charge is 0.274 e. The molecule has 1 fully saturated rings. The number of hydrogen-bond acceptors (Lipinski definition) is 4. The van der Waals surface area contributed by atoms with Crippen molar-refractivity contribution in [3.63, 3.8) is 0 Å². The first kappa shape index (κ1) is 16.0. The monoisotopic (exact) mass is 350 g/mol. The molecule has 25 heavy (non-hydrogen) atoms. The molecule has 1 atom stereocenters. The Morgan fingerprint density at radius 3 is 2.72 bits per heavy atom. The first-order chi connectivity index (χ1) is 12.0. The van der Waals surface area contributed by atoms with Gasteiger partial charge in [0.2, 0.25) is 11.8 Å². The van der Waals surface area contributed by atoms with Gasteiger partial charge in [-0.25, -0.2) is 9.88 Å². The fourth-order valence-corrected chi connectivity index (χ4v) is 4.27. The highest BCUT2D eigenvalue weighted by molar-refractivity contribution is 7.22. The maximum Gasteiger partial charge on any atom is 0.239 e. The highest BCUT2D eigenvalue weighted by Gasteiger charge is 2.40. The van der Waals surface area contributed by atoms with Gasteiger partial charge in [0.05, 0.1) is 16.1 Å². The summed E-state index contributed by atoms with van der Waals surface area (Å²) in [5.41, 5.74) is 4.20. The molecule has 1 saturated heterocycles. The molecule has 0 bridgehead atoms. The molecule has 0 N–H and O–H groups in total. The Morgan fingerprint density at radius 2 is 1.92 bits per heavy atom. The summed E-state index contributed by atoms with van der Waals surface area (Å²) in [7, 11) is 0. The van der Waals surface area contributed by atoms with Crippen molar-refractivity contribution in [1.29, 1.82) is 0 Å². The molecule has 3 aromatic rings. The molecule has 126 valence electrons. The highest BCUT2D eigenvalue weighted by atomic mass is 32.1. The van der Waals surface area contributed by atoms with Gasteiger partial charge in [-0.3, -0.25) is 9.59 Å². The van der Waals surface area contributed by atoms with Gasteiger partial charge in [0.15, 0.2) is 5.13 Å². The summed E-state index contributed by atoms with van der Waals surface area (Å²) in [6.45, 7) is 4.03. The number of aryl methyl sites for hydroxylation is 2. The maximum absolute atomic E-state index is 12.8. The Bertz CT molecular complexity index is 992. The molecule has 0 radical (unpaired) electrons. The Kier molecular flexibility index (Phi) is 3.88. The van der Waals surface area contributed by atoms with Crippen LogP contribution in [0.4, 0.5) is 5.13 Å². The lowest BCUT2D eigenvalue weighted by Gasteiger charge is -2.11. The molecule has 0 spiro atoms. The minimum Gasteiger partial charge on any atom is -0.274 e. The third kappa shape index (κ3) is 2.96. The van der Waals surface area contributed by atoms with Gasteiger partial charge in [-0.1, -0.05) is 47.2 Å². The minimum absolute atomic E-state index is 0.137. The molecular formula is C20H18N2O2S. The number of nitrogens with zero attached hydrogens (tertiary/aromatic N) is 2. The molecule has 5 heteroatoms. The van der Waals surface area contributed by atoms with E-state index in [0.717, 1.165) is 26.9 Å². The Balaban J connectivity index is 1.62. The Hall–Kier alpha value is -2.53. The van der Waals surface area contributed by atoms with E-state index in [9.17, 15) is 9.59 Å².